The summed E-state index contributed by atoms with van der Waals surface area (Å²) in [5, 5.41) is 22.4. The van der Waals surface area contributed by atoms with Crippen molar-refractivity contribution in [1.29, 1.82) is 0 Å². The quantitative estimate of drug-likeness (QED) is 0.742. The Kier molecular flexibility index (Phi) is 4.90. The number of amides is 1. The highest BCUT2D eigenvalue weighted by molar-refractivity contribution is 7.10. The topological polar surface area (TPSA) is 78.0 Å². The maximum absolute atomic E-state index is 12.5. The Labute approximate surface area is 151 Å². The molecule has 3 N–H and O–H groups in total. The van der Waals surface area contributed by atoms with E-state index in [2.05, 4.69) is 21.6 Å². The molecule has 2 heterocycles. The van der Waals surface area contributed by atoms with Crippen molar-refractivity contribution in [1.82, 2.24) is 15.5 Å². The van der Waals surface area contributed by atoms with Crippen LogP contribution in [0.4, 0.5) is 0 Å². The van der Waals surface area contributed by atoms with Crippen molar-refractivity contribution in [2.45, 2.75) is 63.5 Å². The van der Waals surface area contributed by atoms with Crippen LogP contribution in [0.3, 0.4) is 0 Å². The second-order valence-corrected chi connectivity index (χ2v) is 8.26. The number of aromatic nitrogens is 2. The molecule has 2 aliphatic carbocycles. The molecule has 0 radical (unpaired) electrons. The van der Waals surface area contributed by atoms with E-state index >= 15 is 0 Å². The standard InChI is InChI=1S/C19H25N3O2S/c23-13-10-12(11-13)19(17-6-3-9-25-17)20-18(24)8-7-16-14-4-1-2-5-15(14)21-22-16/h3,6,9,12-13,19,23H,1-2,4-5,7-8,10-11H2,(H,20,24)(H,21,22)/t12?,13?,19-/m0/s1. The number of aliphatic hydroxyl groups excluding tert-OH is 1. The fourth-order valence-electron chi connectivity index (χ4n) is 4.03. The van der Waals surface area contributed by atoms with Gasteiger partial charge in [-0.3, -0.25) is 9.89 Å². The lowest BCUT2D eigenvalue weighted by molar-refractivity contribution is -0.123. The fraction of sp³-hybridized carbons (Fsp3) is 0.579. The third kappa shape index (κ3) is 3.65. The first-order valence-electron chi connectivity index (χ1n) is 9.26. The third-order valence-electron chi connectivity index (χ3n) is 5.52. The van der Waals surface area contributed by atoms with Gasteiger partial charge in [-0.05, 0) is 61.5 Å². The van der Waals surface area contributed by atoms with E-state index in [-0.39, 0.29) is 18.1 Å². The fourth-order valence-corrected chi connectivity index (χ4v) is 4.89. The molecule has 0 unspecified atom stereocenters. The summed E-state index contributed by atoms with van der Waals surface area (Å²) in [6.45, 7) is 0. The van der Waals surface area contributed by atoms with Gasteiger partial charge in [-0.15, -0.1) is 11.3 Å². The Morgan fingerprint density at radius 1 is 1.40 bits per heavy atom. The van der Waals surface area contributed by atoms with E-state index in [9.17, 15) is 9.90 Å². The second-order valence-electron chi connectivity index (χ2n) is 7.28. The Bertz CT molecular complexity index is 719. The van der Waals surface area contributed by atoms with Crippen molar-refractivity contribution < 1.29 is 9.90 Å². The van der Waals surface area contributed by atoms with Crippen LogP contribution in [0.1, 0.15) is 60.0 Å². The average Bonchev–Trinajstić information content (AvgIpc) is 3.25. The molecule has 0 spiro atoms. The second kappa shape index (κ2) is 7.30. The number of carbonyl (C=O) groups is 1. The van der Waals surface area contributed by atoms with E-state index < -0.39 is 0 Å². The predicted octanol–water partition coefficient (Wildman–Crippen LogP) is 2.91. The monoisotopic (exact) mass is 359 g/mol. The van der Waals surface area contributed by atoms with E-state index in [1.165, 1.54) is 29.0 Å². The largest absolute Gasteiger partial charge is 0.393 e. The number of nitrogens with zero attached hydrogens (tertiary/aromatic N) is 1. The summed E-state index contributed by atoms with van der Waals surface area (Å²) in [4.78, 5) is 13.7. The minimum atomic E-state index is -0.208. The third-order valence-corrected chi connectivity index (χ3v) is 6.47. The van der Waals surface area contributed by atoms with E-state index in [4.69, 9.17) is 0 Å². The number of rotatable bonds is 6. The van der Waals surface area contributed by atoms with Gasteiger partial charge < -0.3 is 10.4 Å². The molecule has 0 saturated heterocycles. The van der Waals surface area contributed by atoms with Crippen molar-refractivity contribution >= 4 is 17.2 Å². The first kappa shape index (κ1) is 16.8. The van der Waals surface area contributed by atoms with Crippen LogP contribution < -0.4 is 5.32 Å². The molecular formula is C19H25N3O2S. The van der Waals surface area contributed by atoms with Gasteiger partial charge in [0, 0.05) is 23.4 Å². The van der Waals surface area contributed by atoms with Gasteiger partial charge in [-0.25, -0.2) is 0 Å². The number of nitrogens with one attached hydrogen (secondary N) is 2. The summed E-state index contributed by atoms with van der Waals surface area (Å²) < 4.78 is 0. The van der Waals surface area contributed by atoms with Gasteiger partial charge in [-0.2, -0.15) is 5.10 Å². The van der Waals surface area contributed by atoms with Gasteiger partial charge >= 0.3 is 0 Å². The molecule has 6 heteroatoms. The smallest absolute Gasteiger partial charge is 0.220 e. The molecule has 2 aromatic rings. The van der Waals surface area contributed by atoms with E-state index in [0.717, 1.165) is 31.4 Å². The van der Waals surface area contributed by atoms with Crippen LogP contribution in [-0.2, 0) is 24.1 Å². The Hall–Kier alpha value is -1.66. The molecule has 1 atom stereocenters. The molecule has 1 saturated carbocycles. The predicted molar refractivity (Wildman–Crippen MR) is 97.5 cm³/mol. The molecule has 0 aromatic carbocycles. The molecule has 5 nitrogen and oxygen atoms in total. The van der Waals surface area contributed by atoms with Gasteiger partial charge in [0.2, 0.25) is 5.91 Å². The van der Waals surface area contributed by atoms with Crippen LogP contribution in [0, 0.1) is 5.92 Å². The average molecular weight is 359 g/mol. The summed E-state index contributed by atoms with van der Waals surface area (Å²) in [5.74, 6) is 0.420. The highest BCUT2D eigenvalue weighted by atomic mass is 32.1. The minimum Gasteiger partial charge on any atom is -0.393 e. The number of fused-ring (bicyclic) bond motifs is 1. The molecule has 0 aliphatic heterocycles. The highest BCUT2D eigenvalue weighted by Crippen LogP contribution is 2.39. The summed E-state index contributed by atoms with van der Waals surface area (Å²) >= 11 is 1.67. The van der Waals surface area contributed by atoms with Crippen LogP contribution in [0.5, 0.6) is 0 Å². The number of aliphatic hydroxyl groups is 1. The Morgan fingerprint density at radius 3 is 3.00 bits per heavy atom. The first-order valence-corrected chi connectivity index (χ1v) is 10.1. The number of carbonyl (C=O) groups excluding carboxylic acids is 1. The van der Waals surface area contributed by atoms with Crippen molar-refractivity contribution in [3.8, 4) is 0 Å². The SMILES string of the molecule is O=C(CCc1n[nH]c2c1CCCC2)N[C@H](c1cccs1)C1CC(O)C1. The zero-order chi connectivity index (χ0) is 17.2. The minimum absolute atomic E-state index is 0.0315. The van der Waals surface area contributed by atoms with Crippen LogP contribution in [0.25, 0.3) is 0 Å². The summed E-state index contributed by atoms with van der Waals surface area (Å²) in [6, 6.07) is 4.12. The lowest BCUT2D eigenvalue weighted by Crippen LogP contribution is -2.41. The van der Waals surface area contributed by atoms with Crippen molar-refractivity contribution in [3.63, 3.8) is 0 Å². The van der Waals surface area contributed by atoms with Gasteiger partial charge in [0.1, 0.15) is 0 Å². The molecule has 2 aromatic heterocycles. The molecular weight excluding hydrogens is 334 g/mol. The summed E-state index contributed by atoms with van der Waals surface area (Å²) in [7, 11) is 0. The zero-order valence-corrected chi connectivity index (χ0v) is 15.1. The van der Waals surface area contributed by atoms with Crippen LogP contribution in [0.2, 0.25) is 0 Å². The summed E-state index contributed by atoms with van der Waals surface area (Å²) in [6.07, 6.45) is 7.11. The van der Waals surface area contributed by atoms with Gasteiger partial charge in [0.25, 0.3) is 0 Å². The molecule has 4 rings (SSSR count). The number of thiophene rings is 1. The first-order chi connectivity index (χ1) is 12.2. The maximum atomic E-state index is 12.5. The lowest BCUT2D eigenvalue weighted by Gasteiger charge is -2.37. The molecule has 0 bridgehead atoms. The van der Waals surface area contributed by atoms with Crippen LogP contribution in [0.15, 0.2) is 17.5 Å². The molecule has 134 valence electrons. The van der Waals surface area contributed by atoms with E-state index in [0.29, 0.717) is 18.8 Å². The number of H-pyrrole nitrogens is 1. The van der Waals surface area contributed by atoms with Crippen LogP contribution in [-0.4, -0.2) is 27.3 Å². The van der Waals surface area contributed by atoms with E-state index in [1.807, 2.05) is 11.4 Å². The maximum Gasteiger partial charge on any atom is 0.220 e. The Morgan fingerprint density at radius 2 is 2.24 bits per heavy atom. The zero-order valence-electron chi connectivity index (χ0n) is 14.3. The molecule has 25 heavy (non-hydrogen) atoms. The number of hydrogen-bond donors (Lipinski definition) is 3. The lowest BCUT2D eigenvalue weighted by atomic mass is 9.76. The normalized spacial score (nSPS) is 23.6. The van der Waals surface area contributed by atoms with Gasteiger partial charge in [-0.1, -0.05) is 6.07 Å². The Balaban J connectivity index is 1.36. The highest BCUT2D eigenvalue weighted by Gasteiger charge is 2.36. The number of hydrogen-bond acceptors (Lipinski definition) is 4. The molecule has 2 aliphatic rings. The number of aromatic amines is 1. The summed E-state index contributed by atoms with van der Waals surface area (Å²) in [5.41, 5.74) is 3.68. The number of aryl methyl sites for hydroxylation is 2. The van der Waals surface area contributed by atoms with Gasteiger partial charge in [0.15, 0.2) is 0 Å². The molecule has 1 amide bonds. The van der Waals surface area contributed by atoms with Crippen molar-refractivity contribution in [2.24, 2.45) is 5.92 Å². The molecule has 1 fully saturated rings. The van der Waals surface area contributed by atoms with Crippen molar-refractivity contribution in [3.05, 3.63) is 39.3 Å². The van der Waals surface area contributed by atoms with Gasteiger partial charge in [0.05, 0.1) is 17.8 Å². The van der Waals surface area contributed by atoms with E-state index in [1.54, 1.807) is 11.3 Å². The van der Waals surface area contributed by atoms with Crippen LogP contribution >= 0.6 is 11.3 Å². The van der Waals surface area contributed by atoms with Crippen molar-refractivity contribution in [2.75, 3.05) is 0 Å².